The van der Waals surface area contributed by atoms with E-state index in [1.165, 1.54) is 6.08 Å². The largest absolute Gasteiger partial charge is 0.452 e. The Labute approximate surface area is 142 Å². The number of amides is 1. The van der Waals surface area contributed by atoms with Crippen molar-refractivity contribution in [2.45, 2.75) is 0 Å². The number of nitrogens with one attached hydrogen (secondary N) is 1. The number of hydrogen-bond acceptors (Lipinski definition) is 5. The number of anilines is 1. The maximum absolute atomic E-state index is 11.9. The van der Waals surface area contributed by atoms with Crippen LogP contribution in [0.3, 0.4) is 0 Å². The number of rotatable bonds is 5. The van der Waals surface area contributed by atoms with E-state index < -0.39 is 11.9 Å². The van der Waals surface area contributed by atoms with Gasteiger partial charge in [0.25, 0.3) is 5.91 Å². The van der Waals surface area contributed by atoms with E-state index in [2.05, 4.69) is 14.0 Å². The molecule has 1 aliphatic rings. The van der Waals surface area contributed by atoms with Gasteiger partial charge in [0.1, 0.15) is 11.4 Å². The van der Waals surface area contributed by atoms with Crippen LogP contribution in [-0.4, -0.2) is 18.5 Å². The lowest BCUT2D eigenvalue weighted by Crippen LogP contribution is -2.20. The van der Waals surface area contributed by atoms with Crippen molar-refractivity contribution >= 4 is 46.4 Å². The Bertz CT molecular complexity index is 872. The Morgan fingerprint density at radius 3 is 2.75 bits per heavy atom. The summed E-state index contributed by atoms with van der Waals surface area (Å²) in [6, 6.07) is 14.6. The molecule has 0 spiro atoms. The molecule has 0 aromatic heterocycles. The Kier molecular flexibility index (Phi) is 4.93. The molecule has 1 amide bonds. The van der Waals surface area contributed by atoms with Gasteiger partial charge in [-0.1, -0.05) is 36.4 Å². The minimum absolute atomic E-state index is 0.369. The highest BCUT2D eigenvalue weighted by atomic mass is 32.1. The molecule has 2 aromatic carbocycles. The number of hydrogen-bond donors (Lipinski definition) is 1. The van der Waals surface area contributed by atoms with E-state index in [0.29, 0.717) is 17.1 Å². The topological polar surface area (TPSA) is 80.1 Å². The van der Waals surface area contributed by atoms with Crippen LogP contribution < -0.4 is 5.32 Å². The van der Waals surface area contributed by atoms with Gasteiger partial charge in [-0.15, -0.1) is 0 Å². The first kappa shape index (κ1) is 15.8. The van der Waals surface area contributed by atoms with Gasteiger partial charge < -0.3 is 10.1 Å². The molecule has 0 radical (unpaired) electrons. The maximum atomic E-state index is 11.9. The molecule has 0 unspecified atom stereocenters. The summed E-state index contributed by atoms with van der Waals surface area (Å²) in [4.78, 5) is 23.5. The number of nitrogens with zero attached hydrogens (tertiary/aromatic N) is 2. The summed E-state index contributed by atoms with van der Waals surface area (Å²) in [5.41, 5.74) is 2.75. The molecule has 0 saturated heterocycles. The highest BCUT2D eigenvalue weighted by molar-refractivity contribution is 7.58. The molecular weight excluding hydrogens is 326 g/mol. The van der Waals surface area contributed by atoms with Crippen molar-refractivity contribution in [2.24, 2.45) is 8.73 Å². The summed E-state index contributed by atoms with van der Waals surface area (Å²) in [6.07, 6.45) is 2.91. The highest BCUT2D eigenvalue weighted by Gasteiger charge is 2.13. The van der Waals surface area contributed by atoms with E-state index in [9.17, 15) is 9.59 Å². The van der Waals surface area contributed by atoms with Crippen LogP contribution in [-0.2, 0) is 25.7 Å². The molecule has 24 heavy (non-hydrogen) atoms. The monoisotopic (exact) mass is 339 g/mol. The standard InChI is InChI=1S/C17H13N3O3S/c21-15(18-13-7-4-8-14-17(13)20-24-19-14)11-23-16(22)10-9-12-5-2-1-3-6-12/h1-10H,11H2,(H,18,21)/b10-9+. The van der Waals surface area contributed by atoms with Crippen molar-refractivity contribution < 1.29 is 14.3 Å². The second-order valence-corrected chi connectivity index (χ2v) is 5.37. The van der Waals surface area contributed by atoms with Crippen LogP contribution in [0.2, 0.25) is 0 Å². The van der Waals surface area contributed by atoms with Crippen molar-refractivity contribution in [3.8, 4) is 0 Å². The third-order valence-corrected chi connectivity index (χ3v) is 3.66. The Morgan fingerprint density at radius 1 is 1.08 bits per heavy atom. The predicted molar refractivity (Wildman–Crippen MR) is 93.0 cm³/mol. The van der Waals surface area contributed by atoms with Gasteiger partial charge in [0, 0.05) is 6.08 Å². The van der Waals surface area contributed by atoms with Crippen LogP contribution in [0.25, 0.3) is 6.08 Å². The summed E-state index contributed by atoms with van der Waals surface area (Å²) in [5, 5.41) is 2.66. The van der Waals surface area contributed by atoms with Crippen LogP contribution >= 0.6 is 0 Å². The quantitative estimate of drug-likeness (QED) is 0.569. The van der Waals surface area contributed by atoms with Gasteiger partial charge >= 0.3 is 5.97 Å². The van der Waals surface area contributed by atoms with Gasteiger partial charge in [0.15, 0.2) is 6.61 Å². The molecule has 2 aromatic rings. The first-order valence-electron chi connectivity index (χ1n) is 7.13. The second kappa shape index (κ2) is 7.47. The molecular formula is C17H13N3O3S. The van der Waals surface area contributed by atoms with E-state index in [0.717, 1.165) is 16.9 Å². The lowest BCUT2D eigenvalue weighted by atomic mass is 10.2. The van der Waals surface area contributed by atoms with Gasteiger partial charge in [-0.25, -0.2) is 4.79 Å². The summed E-state index contributed by atoms with van der Waals surface area (Å²) in [7, 11) is 0. The third-order valence-electron chi connectivity index (χ3n) is 3.12. The highest BCUT2D eigenvalue weighted by Crippen LogP contribution is 2.38. The van der Waals surface area contributed by atoms with Crippen LogP contribution in [0, 0.1) is 0 Å². The van der Waals surface area contributed by atoms with E-state index in [1.54, 1.807) is 18.2 Å². The van der Waals surface area contributed by atoms with E-state index in [1.807, 2.05) is 36.4 Å². The Morgan fingerprint density at radius 2 is 1.92 bits per heavy atom. The van der Waals surface area contributed by atoms with Crippen molar-refractivity contribution in [1.29, 1.82) is 0 Å². The molecule has 1 N–H and O–H groups in total. The van der Waals surface area contributed by atoms with E-state index in [-0.39, 0.29) is 6.61 Å². The van der Waals surface area contributed by atoms with Crippen molar-refractivity contribution in [2.75, 3.05) is 11.9 Å². The molecule has 0 saturated carbocycles. The zero-order valence-corrected chi connectivity index (χ0v) is 13.3. The van der Waals surface area contributed by atoms with Crippen molar-refractivity contribution in [1.82, 2.24) is 0 Å². The fourth-order valence-electron chi connectivity index (χ4n) is 2.01. The molecule has 6 nitrogen and oxygen atoms in total. The number of carbonyl (C=O) groups excluding carboxylic acids is 2. The lowest BCUT2D eigenvalue weighted by Gasteiger charge is -2.07. The first-order valence-corrected chi connectivity index (χ1v) is 7.86. The molecule has 1 heterocycles. The molecule has 7 heteroatoms. The minimum atomic E-state index is -0.581. The Balaban J connectivity index is 1.51. The van der Waals surface area contributed by atoms with Gasteiger partial charge in [-0.05, 0) is 23.8 Å². The second-order valence-electron chi connectivity index (χ2n) is 4.84. The molecule has 1 aliphatic heterocycles. The molecule has 120 valence electrons. The fourth-order valence-corrected chi connectivity index (χ4v) is 2.56. The fraction of sp³-hybridized carbons (Fsp3) is 0.0588. The van der Waals surface area contributed by atoms with E-state index in [4.69, 9.17) is 4.74 Å². The van der Waals surface area contributed by atoms with Gasteiger partial charge in [-0.3, -0.25) is 4.79 Å². The number of benzene rings is 2. The van der Waals surface area contributed by atoms with Crippen molar-refractivity contribution in [3.63, 3.8) is 0 Å². The van der Waals surface area contributed by atoms with Gasteiger partial charge in [0.05, 0.1) is 17.0 Å². The van der Waals surface area contributed by atoms with Crippen LogP contribution in [0.1, 0.15) is 5.56 Å². The molecule has 0 bridgehead atoms. The number of esters is 1. The van der Waals surface area contributed by atoms with Crippen molar-refractivity contribution in [3.05, 3.63) is 60.2 Å². The minimum Gasteiger partial charge on any atom is -0.452 e. The zero-order chi connectivity index (χ0) is 16.8. The average molecular weight is 339 g/mol. The molecule has 0 atom stereocenters. The Hall–Kier alpha value is -3.06. The van der Waals surface area contributed by atoms with Crippen LogP contribution in [0.15, 0.2) is 63.3 Å². The van der Waals surface area contributed by atoms with Crippen LogP contribution in [0.4, 0.5) is 17.1 Å². The van der Waals surface area contributed by atoms with Gasteiger partial charge in [0.2, 0.25) is 0 Å². The average Bonchev–Trinajstić information content (AvgIpc) is 3.09. The normalized spacial score (nSPS) is 11.8. The molecule has 0 fully saturated rings. The summed E-state index contributed by atoms with van der Waals surface area (Å²) in [6.45, 7) is -0.369. The lowest BCUT2D eigenvalue weighted by molar-refractivity contribution is -0.142. The maximum Gasteiger partial charge on any atom is 0.331 e. The smallest absolute Gasteiger partial charge is 0.331 e. The summed E-state index contributed by atoms with van der Waals surface area (Å²) >= 11 is 1.07. The zero-order valence-electron chi connectivity index (χ0n) is 12.5. The summed E-state index contributed by atoms with van der Waals surface area (Å²) in [5.74, 6) is -1.01. The third kappa shape index (κ3) is 4.02. The molecule has 0 aliphatic carbocycles. The van der Waals surface area contributed by atoms with Crippen LogP contribution in [0.5, 0.6) is 0 Å². The number of fused-ring (bicyclic) bond motifs is 1. The predicted octanol–water partition coefficient (Wildman–Crippen LogP) is 3.61. The van der Waals surface area contributed by atoms with E-state index >= 15 is 0 Å². The number of carbonyl (C=O) groups is 2. The first-order chi connectivity index (χ1) is 11.7. The molecule has 3 rings (SSSR count). The number of ether oxygens (including phenoxy) is 1. The SMILES string of the molecule is O=C(COC(=O)/C=C/c1ccccc1)Nc1cccc2c1N=S=N2. The van der Waals surface area contributed by atoms with Gasteiger partial charge in [-0.2, -0.15) is 8.73 Å². The summed E-state index contributed by atoms with van der Waals surface area (Å²) < 4.78 is 13.1.